The summed E-state index contributed by atoms with van der Waals surface area (Å²) in [5.74, 6) is -6.92. The molecule has 4 saturated carbocycles. The van der Waals surface area contributed by atoms with Gasteiger partial charge in [-0.1, -0.05) is 64.2 Å². The molecule has 0 aromatic rings. The summed E-state index contributed by atoms with van der Waals surface area (Å²) in [7, 11) is 0. The Balaban J connectivity index is 1.85. The van der Waals surface area contributed by atoms with Crippen molar-refractivity contribution in [1.29, 1.82) is 0 Å². The fourth-order valence-corrected chi connectivity index (χ4v) is 7.14. The molecule has 0 amide bonds. The van der Waals surface area contributed by atoms with Crippen molar-refractivity contribution in [3.8, 4) is 0 Å². The first-order chi connectivity index (χ1) is 19.4. The minimum absolute atomic E-state index is 0.0289. The standard InChI is InChI=1S/C28H43N3O10/c32-22(33)17-29(30(27(11-12-27)25(38)39)20(23(34)35)15-18-7-3-1-4-8-18)31(28(13-14-28)26(40)41)21(24(36)37)16-19-9-5-2-6-10-19/h18-21H,1-17H2,(H,32,33)(H,34,35)(H,36,37)(H,38,39)(H,40,41)/t20-,21-/m0/s1. The molecule has 2 atom stereocenters. The van der Waals surface area contributed by atoms with Gasteiger partial charge >= 0.3 is 29.8 Å². The number of carboxylic acid groups (broad SMARTS) is 5. The molecular weight excluding hydrogens is 538 g/mol. The van der Waals surface area contributed by atoms with Gasteiger partial charge in [-0.3, -0.25) is 24.0 Å². The molecule has 4 rings (SSSR count). The molecule has 0 aromatic carbocycles. The predicted molar refractivity (Wildman–Crippen MR) is 142 cm³/mol. The Morgan fingerprint density at radius 3 is 1.17 bits per heavy atom. The third kappa shape index (κ3) is 6.67. The summed E-state index contributed by atoms with van der Waals surface area (Å²) in [5, 5.41) is 54.7. The highest BCUT2D eigenvalue weighted by Gasteiger charge is 2.66. The second-order valence-electron chi connectivity index (χ2n) is 12.5. The van der Waals surface area contributed by atoms with Crippen LogP contribution in [-0.2, 0) is 24.0 Å². The molecule has 13 nitrogen and oxygen atoms in total. The van der Waals surface area contributed by atoms with E-state index in [0.29, 0.717) is 0 Å². The molecule has 0 aromatic heterocycles. The van der Waals surface area contributed by atoms with E-state index in [1.165, 1.54) is 0 Å². The molecule has 4 aliphatic rings. The molecule has 0 radical (unpaired) electrons. The van der Waals surface area contributed by atoms with E-state index in [1.54, 1.807) is 0 Å². The van der Waals surface area contributed by atoms with Crippen molar-refractivity contribution in [2.75, 3.05) is 6.54 Å². The summed E-state index contributed by atoms with van der Waals surface area (Å²) in [6.45, 7) is -0.965. The molecule has 0 spiro atoms. The number of hydrazine groups is 2. The number of nitrogens with zero attached hydrogens (tertiary/aromatic N) is 3. The van der Waals surface area contributed by atoms with E-state index in [-0.39, 0.29) is 50.4 Å². The van der Waals surface area contributed by atoms with Gasteiger partial charge in [0.05, 0.1) is 0 Å². The summed E-state index contributed by atoms with van der Waals surface area (Å²) in [5.41, 5.74) is -3.57. The van der Waals surface area contributed by atoms with Gasteiger partial charge in [0.15, 0.2) is 0 Å². The second-order valence-corrected chi connectivity index (χ2v) is 12.5. The summed E-state index contributed by atoms with van der Waals surface area (Å²) in [4.78, 5) is 63.5. The number of carbonyl (C=O) groups is 5. The van der Waals surface area contributed by atoms with E-state index < -0.39 is 59.6 Å². The van der Waals surface area contributed by atoms with Crippen molar-refractivity contribution in [1.82, 2.24) is 15.1 Å². The molecule has 0 aliphatic heterocycles. The zero-order chi connectivity index (χ0) is 29.9. The van der Waals surface area contributed by atoms with Crippen LogP contribution < -0.4 is 0 Å². The van der Waals surface area contributed by atoms with Crippen LogP contribution in [0.1, 0.15) is 103 Å². The van der Waals surface area contributed by atoms with E-state index in [0.717, 1.165) is 79.3 Å². The summed E-state index contributed by atoms with van der Waals surface area (Å²) < 4.78 is 0. The number of hydrogen-bond acceptors (Lipinski definition) is 8. The highest BCUT2D eigenvalue weighted by Crippen LogP contribution is 2.51. The lowest BCUT2D eigenvalue weighted by Gasteiger charge is -2.51. The first-order valence-corrected chi connectivity index (χ1v) is 14.9. The Hall–Kier alpha value is -2.77. The molecule has 5 N–H and O–H groups in total. The van der Waals surface area contributed by atoms with Crippen LogP contribution in [0.5, 0.6) is 0 Å². The van der Waals surface area contributed by atoms with Crippen molar-refractivity contribution >= 4 is 29.8 Å². The van der Waals surface area contributed by atoms with Crippen molar-refractivity contribution in [2.24, 2.45) is 11.8 Å². The van der Waals surface area contributed by atoms with Crippen LogP contribution in [0.2, 0.25) is 0 Å². The number of aliphatic carboxylic acids is 5. The monoisotopic (exact) mass is 581 g/mol. The van der Waals surface area contributed by atoms with Gasteiger partial charge < -0.3 is 25.5 Å². The Morgan fingerprint density at radius 2 is 0.927 bits per heavy atom. The minimum Gasteiger partial charge on any atom is -0.480 e. The molecule has 0 saturated heterocycles. The fraction of sp³-hybridized carbons (Fsp3) is 0.821. The normalized spacial score (nSPS) is 23.7. The fourth-order valence-electron chi connectivity index (χ4n) is 7.14. The lowest BCUT2D eigenvalue weighted by atomic mass is 9.84. The van der Waals surface area contributed by atoms with Gasteiger partial charge in [-0.2, -0.15) is 15.1 Å². The summed E-state index contributed by atoms with van der Waals surface area (Å²) in [6, 6.07) is -2.96. The van der Waals surface area contributed by atoms with Crippen molar-refractivity contribution in [3.05, 3.63) is 0 Å². The van der Waals surface area contributed by atoms with Crippen LogP contribution in [0.4, 0.5) is 0 Å². The van der Waals surface area contributed by atoms with Crippen LogP contribution in [0.25, 0.3) is 0 Å². The van der Waals surface area contributed by atoms with E-state index in [2.05, 4.69) is 0 Å². The Bertz CT molecular complexity index is 943. The lowest BCUT2D eigenvalue weighted by Crippen LogP contribution is -2.72. The van der Waals surface area contributed by atoms with Crippen LogP contribution in [0.3, 0.4) is 0 Å². The quantitative estimate of drug-likeness (QED) is 0.167. The maximum absolute atomic E-state index is 12.9. The molecule has 13 heteroatoms. The highest BCUT2D eigenvalue weighted by molar-refractivity contribution is 5.85. The Labute approximate surface area is 239 Å². The second kappa shape index (κ2) is 12.6. The van der Waals surface area contributed by atoms with Gasteiger partial charge in [-0.25, -0.2) is 0 Å². The third-order valence-electron chi connectivity index (χ3n) is 9.62. The molecule has 0 heterocycles. The zero-order valence-corrected chi connectivity index (χ0v) is 23.4. The molecule has 0 bridgehead atoms. The maximum Gasteiger partial charge on any atom is 0.325 e. The van der Waals surface area contributed by atoms with Gasteiger partial charge in [-0.15, -0.1) is 0 Å². The van der Waals surface area contributed by atoms with E-state index in [4.69, 9.17) is 0 Å². The predicted octanol–water partition coefficient (Wildman–Crippen LogP) is 2.89. The Kier molecular flexibility index (Phi) is 9.59. The van der Waals surface area contributed by atoms with Gasteiger partial charge in [0, 0.05) is 0 Å². The van der Waals surface area contributed by atoms with E-state index in [1.807, 2.05) is 0 Å². The lowest BCUT2D eigenvalue weighted by molar-refractivity contribution is -0.267. The smallest absolute Gasteiger partial charge is 0.325 e. The molecule has 4 aliphatic carbocycles. The van der Waals surface area contributed by atoms with Crippen LogP contribution in [0.15, 0.2) is 0 Å². The third-order valence-corrected chi connectivity index (χ3v) is 9.62. The van der Waals surface area contributed by atoms with Gasteiger partial charge in [0.25, 0.3) is 0 Å². The van der Waals surface area contributed by atoms with Gasteiger partial charge in [0.2, 0.25) is 0 Å². The SMILES string of the molecule is O=C(O)CN(N([C@@H](CC1CCCCC1)C(=O)O)C1(C(=O)O)CC1)N([C@@H](CC1CCCCC1)C(=O)O)C1(C(=O)O)CC1. The van der Waals surface area contributed by atoms with Crippen LogP contribution in [-0.4, -0.2) is 100 Å². The zero-order valence-electron chi connectivity index (χ0n) is 23.4. The first-order valence-electron chi connectivity index (χ1n) is 14.9. The average Bonchev–Trinajstić information content (AvgIpc) is 3.84. The highest BCUT2D eigenvalue weighted by atomic mass is 16.4. The Morgan fingerprint density at radius 1 is 0.585 bits per heavy atom. The first kappa shape index (κ1) is 31.2. The van der Waals surface area contributed by atoms with Crippen LogP contribution >= 0.6 is 0 Å². The molecule has 0 unspecified atom stereocenters. The largest absolute Gasteiger partial charge is 0.480 e. The van der Waals surface area contributed by atoms with Crippen molar-refractivity contribution in [3.63, 3.8) is 0 Å². The number of rotatable bonds is 16. The van der Waals surface area contributed by atoms with Crippen LogP contribution in [0, 0.1) is 11.8 Å². The maximum atomic E-state index is 12.9. The summed E-state index contributed by atoms with van der Waals surface area (Å²) in [6.07, 6.45) is 8.83. The minimum atomic E-state index is -1.78. The number of carboxylic acids is 5. The topological polar surface area (TPSA) is 196 Å². The van der Waals surface area contributed by atoms with E-state index >= 15 is 0 Å². The average molecular weight is 582 g/mol. The molecule has 4 fully saturated rings. The van der Waals surface area contributed by atoms with Crippen molar-refractivity contribution < 1.29 is 49.5 Å². The van der Waals surface area contributed by atoms with Gasteiger partial charge in [0.1, 0.15) is 29.7 Å². The molecular formula is C28H43N3O10. The summed E-state index contributed by atoms with van der Waals surface area (Å²) >= 11 is 0. The molecule has 41 heavy (non-hydrogen) atoms. The van der Waals surface area contributed by atoms with E-state index in [9.17, 15) is 49.5 Å². The van der Waals surface area contributed by atoms with Crippen molar-refractivity contribution in [2.45, 2.75) is 126 Å². The van der Waals surface area contributed by atoms with Gasteiger partial charge in [-0.05, 0) is 50.4 Å². The number of hydrogen-bond donors (Lipinski definition) is 5. The molecule has 230 valence electrons.